The van der Waals surface area contributed by atoms with E-state index < -0.39 is 0 Å². The Balaban J connectivity index is 1.42. The number of para-hydroxylation sites is 1. The molecule has 0 aliphatic carbocycles. The summed E-state index contributed by atoms with van der Waals surface area (Å²) >= 11 is 3.16. The maximum atomic E-state index is 12.3. The second-order valence-electron chi connectivity index (χ2n) is 7.50. The van der Waals surface area contributed by atoms with Crippen molar-refractivity contribution < 1.29 is 4.79 Å². The van der Waals surface area contributed by atoms with Crippen LogP contribution in [0.3, 0.4) is 0 Å². The molecule has 5 nitrogen and oxygen atoms in total. The standard InChI is InChI=1S/C26H22N4OS2/c1-3-29-22-11-7-8-12-24(22)33-25-15-19(13-14-23(25)29)16-27-30(18(2)31)26-28-21(17-32-26)20-9-5-4-6-10-20/h4-17H,3H2,1-2H3/b27-16+. The van der Waals surface area contributed by atoms with Gasteiger partial charge in [0.05, 0.1) is 23.3 Å². The molecular weight excluding hydrogens is 448 g/mol. The summed E-state index contributed by atoms with van der Waals surface area (Å²) in [4.78, 5) is 21.7. The third kappa shape index (κ3) is 4.29. The fourth-order valence-corrected chi connectivity index (χ4v) is 5.74. The molecule has 1 amide bonds. The Bertz CT molecular complexity index is 1330. The summed E-state index contributed by atoms with van der Waals surface area (Å²) in [5, 5.41) is 8.34. The third-order valence-corrected chi connectivity index (χ3v) is 7.26. The number of hydrogen-bond acceptors (Lipinski definition) is 6. The van der Waals surface area contributed by atoms with E-state index in [-0.39, 0.29) is 5.91 Å². The van der Waals surface area contributed by atoms with E-state index in [9.17, 15) is 4.79 Å². The number of carbonyl (C=O) groups is 1. The highest BCUT2D eigenvalue weighted by atomic mass is 32.2. The van der Waals surface area contributed by atoms with Gasteiger partial charge in [-0.15, -0.1) is 11.3 Å². The molecular formula is C26H22N4OS2. The number of benzene rings is 3. The first-order valence-electron chi connectivity index (χ1n) is 10.7. The minimum atomic E-state index is -0.182. The van der Waals surface area contributed by atoms with Gasteiger partial charge in [0, 0.05) is 34.2 Å². The normalized spacial score (nSPS) is 12.5. The lowest BCUT2D eigenvalue weighted by atomic mass is 10.1. The maximum absolute atomic E-state index is 12.3. The first-order valence-corrected chi connectivity index (χ1v) is 12.4. The van der Waals surface area contributed by atoms with E-state index in [1.807, 2.05) is 41.8 Å². The average Bonchev–Trinajstić information content (AvgIpc) is 3.33. The molecule has 1 aliphatic rings. The van der Waals surface area contributed by atoms with Crippen LogP contribution in [-0.4, -0.2) is 23.7 Å². The van der Waals surface area contributed by atoms with Crippen molar-refractivity contribution >= 4 is 51.7 Å². The van der Waals surface area contributed by atoms with Crippen molar-refractivity contribution in [2.45, 2.75) is 23.6 Å². The fourth-order valence-electron chi connectivity index (χ4n) is 3.76. The zero-order chi connectivity index (χ0) is 22.8. The fraction of sp³-hybridized carbons (Fsp3) is 0.115. The molecule has 0 bridgehead atoms. The number of hydrogen-bond donors (Lipinski definition) is 0. The molecule has 1 aromatic heterocycles. The topological polar surface area (TPSA) is 48.8 Å². The van der Waals surface area contributed by atoms with Crippen molar-refractivity contribution in [2.75, 3.05) is 16.5 Å². The van der Waals surface area contributed by atoms with Crippen molar-refractivity contribution in [2.24, 2.45) is 5.10 Å². The second kappa shape index (κ2) is 9.21. The number of thiazole rings is 1. The summed E-state index contributed by atoms with van der Waals surface area (Å²) in [5.74, 6) is -0.182. The smallest absolute Gasteiger partial charge is 0.246 e. The van der Waals surface area contributed by atoms with Crippen molar-refractivity contribution in [3.8, 4) is 11.3 Å². The molecule has 0 unspecified atom stereocenters. The molecule has 1 aliphatic heterocycles. The van der Waals surface area contributed by atoms with Gasteiger partial charge in [0.15, 0.2) is 0 Å². The molecule has 0 saturated carbocycles. The molecule has 0 spiro atoms. The third-order valence-electron chi connectivity index (χ3n) is 5.33. The van der Waals surface area contributed by atoms with Gasteiger partial charge in [-0.1, -0.05) is 60.3 Å². The molecule has 164 valence electrons. The summed E-state index contributed by atoms with van der Waals surface area (Å²) in [7, 11) is 0. The van der Waals surface area contributed by atoms with Crippen LogP contribution in [0.15, 0.2) is 93.1 Å². The Morgan fingerprint density at radius 2 is 1.79 bits per heavy atom. The number of aromatic nitrogens is 1. The Labute approximate surface area is 201 Å². The Hall–Kier alpha value is -3.42. The molecule has 2 heterocycles. The minimum Gasteiger partial charge on any atom is -0.340 e. The van der Waals surface area contributed by atoms with Gasteiger partial charge in [0.1, 0.15) is 0 Å². The molecule has 5 rings (SSSR count). The number of fused-ring (bicyclic) bond motifs is 2. The number of nitrogens with zero attached hydrogens (tertiary/aromatic N) is 4. The molecule has 3 aromatic carbocycles. The molecule has 7 heteroatoms. The zero-order valence-corrected chi connectivity index (χ0v) is 19.9. The molecule has 0 radical (unpaired) electrons. The van der Waals surface area contributed by atoms with E-state index >= 15 is 0 Å². The van der Waals surface area contributed by atoms with Crippen LogP contribution in [0.2, 0.25) is 0 Å². The zero-order valence-electron chi connectivity index (χ0n) is 18.3. The average molecular weight is 471 g/mol. The number of hydrazone groups is 1. The van der Waals surface area contributed by atoms with Crippen molar-refractivity contribution in [3.63, 3.8) is 0 Å². The monoisotopic (exact) mass is 470 g/mol. The van der Waals surface area contributed by atoms with E-state index in [0.29, 0.717) is 5.13 Å². The molecule has 0 fully saturated rings. The van der Waals surface area contributed by atoms with Gasteiger partial charge in [-0.3, -0.25) is 4.79 Å². The van der Waals surface area contributed by atoms with E-state index in [0.717, 1.165) is 23.4 Å². The van der Waals surface area contributed by atoms with Crippen LogP contribution < -0.4 is 9.91 Å². The van der Waals surface area contributed by atoms with Crippen LogP contribution in [0, 0.1) is 0 Å². The van der Waals surface area contributed by atoms with Crippen LogP contribution in [0.25, 0.3) is 11.3 Å². The largest absolute Gasteiger partial charge is 0.340 e. The van der Waals surface area contributed by atoms with Crippen molar-refractivity contribution in [3.05, 3.63) is 83.7 Å². The Kier molecular flexibility index (Phi) is 5.98. The number of amides is 1. The van der Waals surface area contributed by atoms with Crippen LogP contribution in [0.5, 0.6) is 0 Å². The van der Waals surface area contributed by atoms with Crippen LogP contribution in [0.1, 0.15) is 19.4 Å². The number of anilines is 3. The van der Waals surface area contributed by atoms with E-state index in [4.69, 9.17) is 0 Å². The summed E-state index contributed by atoms with van der Waals surface area (Å²) in [6.07, 6.45) is 1.72. The summed E-state index contributed by atoms with van der Waals surface area (Å²) in [6, 6.07) is 24.7. The van der Waals surface area contributed by atoms with Crippen molar-refractivity contribution in [1.29, 1.82) is 0 Å². The number of rotatable bonds is 5. The molecule has 33 heavy (non-hydrogen) atoms. The van der Waals surface area contributed by atoms with Crippen LogP contribution >= 0.6 is 23.1 Å². The second-order valence-corrected chi connectivity index (χ2v) is 9.42. The van der Waals surface area contributed by atoms with Crippen molar-refractivity contribution in [1.82, 2.24) is 4.98 Å². The summed E-state index contributed by atoms with van der Waals surface area (Å²) < 4.78 is 0. The van der Waals surface area contributed by atoms with E-state index in [1.165, 1.54) is 44.4 Å². The SMILES string of the molecule is CCN1c2ccccc2Sc2cc(/C=N/N(C(C)=O)c3nc(-c4ccccc4)cs3)ccc21. The lowest BCUT2D eigenvalue weighted by Gasteiger charge is -2.32. The molecule has 0 atom stereocenters. The molecule has 0 saturated heterocycles. The summed E-state index contributed by atoms with van der Waals surface area (Å²) in [5.41, 5.74) is 5.21. The van der Waals surface area contributed by atoms with Crippen LogP contribution in [-0.2, 0) is 4.79 Å². The lowest BCUT2D eigenvalue weighted by molar-refractivity contribution is -0.116. The van der Waals surface area contributed by atoms with Gasteiger partial charge in [0.25, 0.3) is 0 Å². The van der Waals surface area contributed by atoms with Crippen LogP contribution in [0.4, 0.5) is 16.5 Å². The highest BCUT2D eigenvalue weighted by Gasteiger charge is 2.22. The Morgan fingerprint density at radius 3 is 2.58 bits per heavy atom. The predicted octanol–water partition coefficient (Wildman–Crippen LogP) is 6.82. The summed E-state index contributed by atoms with van der Waals surface area (Å²) in [6.45, 7) is 4.55. The maximum Gasteiger partial charge on any atom is 0.246 e. The van der Waals surface area contributed by atoms with Gasteiger partial charge in [-0.25, -0.2) is 4.98 Å². The highest BCUT2D eigenvalue weighted by Crippen LogP contribution is 2.48. The van der Waals surface area contributed by atoms with Gasteiger partial charge < -0.3 is 4.90 Å². The minimum absolute atomic E-state index is 0.182. The Morgan fingerprint density at radius 1 is 1.03 bits per heavy atom. The first-order chi connectivity index (χ1) is 16.1. The first kappa shape index (κ1) is 21.4. The molecule has 0 N–H and O–H groups in total. The quantitative estimate of drug-likeness (QED) is 0.237. The van der Waals surface area contributed by atoms with Gasteiger partial charge in [0.2, 0.25) is 11.0 Å². The van der Waals surface area contributed by atoms with Gasteiger partial charge in [-0.05, 0) is 36.8 Å². The predicted molar refractivity (Wildman–Crippen MR) is 138 cm³/mol. The van der Waals surface area contributed by atoms with E-state index in [1.54, 1.807) is 18.0 Å². The van der Waals surface area contributed by atoms with E-state index in [2.05, 4.69) is 58.3 Å². The molecule has 4 aromatic rings. The highest BCUT2D eigenvalue weighted by molar-refractivity contribution is 7.99. The number of carbonyl (C=O) groups excluding carboxylic acids is 1. The lowest BCUT2D eigenvalue weighted by Crippen LogP contribution is -2.22. The van der Waals surface area contributed by atoms with Gasteiger partial charge >= 0.3 is 0 Å². The van der Waals surface area contributed by atoms with Gasteiger partial charge in [-0.2, -0.15) is 10.1 Å².